The zero-order chi connectivity index (χ0) is 12.5. The Morgan fingerprint density at radius 2 is 2.00 bits per heavy atom. The number of rotatable bonds is 3. The van der Waals surface area contributed by atoms with E-state index in [2.05, 4.69) is 4.99 Å². The number of benzene rings is 1. The van der Waals surface area contributed by atoms with Crippen molar-refractivity contribution in [1.82, 2.24) is 0 Å². The summed E-state index contributed by atoms with van der Waals surface area (Å²) < 4.78 is 27.0. The Bertz CT molecular complexity index is 469. The van der Waals surface area contributed by atoms with Crippen molar-refractivity contribution in [2.45, 2.75) is 37.6 Å². The summed E-state index contributed by atoms with van der Waals surface area (Å²) in [4.78, 5) is 14.2. The summed E-state index contributed by atoms with van der Waals surface area (Å²) in [7, 11) is 0. The van der Waals surface area contributed by atoms with Crippen molar-refractivity contribution in [2.75, 3.05) is 0 Å². The van der Waals surface area contributed by atoms with Crippen LogP contribution in [0, 0.1) is 0 Å². The summed E-state index contributed by atoms with van der Waals surface area (Å²) in [6.45, 7) is 0.864. The first-order valence-electron chi connectivity index (χ1n) is 5.56. The third-order valence-electron chi connectivity index (χ3n) is 3.34. The van der Waals surface area contributed by atoms with Crippen molar-refractivity contribution in [2.24, 2.45) is 4.99 Å². The van der Waals surface area contributed by atoms with Crippen LogP contribution < -0.4 is 0 Å². The highest BCUT2D eigenvalue weighted by molar-refractivity contribution is 5.43. The van der Waals surface area contributed by atoms with E-state index in [1.54, 1.807) is 18.2 Å². The van der Waals surface area contributed by atoms with Gasteiger partial charge in [0.25, 0.3) is 5.92 Å². The zero-order valence-corrected chi connectivity index (χ0v) is 9.54. The lowest BCUT2D eigenvalue weighted by molar-refractivity contribution is 0.0142. The SMILES string of the molecule is CC(F)(F)c1ccccc1C1(N=C=O)CCC1. The number of aliphatic imine (C=N–C) groups is 1. The van der Waals surface area contributed by atoms with E-state index < -0.39 is 11.5 Å². The predicted octanol–water partition coefficient (Wildman–Crippen LogP) is 3.51. The molecule has 0 saturated heterocycles. The zero-order valence-electron chi connectivity index (χ0n) is 9.54. The maximum Gasteiger partial charge on any atom is 0.270 e. The third-order valence-corrected chi connectivity index (χ3v) is 3.34. The van der Waals surface area contributed by atoms with Gasteiger partial charge in [-0.3, -0.25) is 0 Å². The number of carbonyl (C=O) groups excluding carboxylic acids is 1. The molecule has 0 aromatic heterocycles. The average molecular weight is 237 g/mol. The molecule has 1 aromatic carbocycles. The van der Waals surface area contributed by atoms with Crippen LogP contribution in [0.15, 0.2) is 29.3 Å². The van der Waals surface area contributed by atoms with Crippen molar-refractivity contribution < 1.29 is 13.6 Å². The van der Waals surface area contributed by atoms with Crippen LogP contribution in [0.4, 0.5) is 8.78 Å². The molecule has 1 saturated carbocycles. The van der Waals surface area contributed by atoms with Gasteiger partial charge in [-0.25, -0.2) is 13.6 Å². The standard InChI is InChI=1S/C13H13F2NO/c1-12(14,15)10-5-2-3-6-11(10)13(16-9-17)7-4-8-13/h2-3,5-6H,4,7-8H2,1H3. The Balaban J connectivity index is 2.55. The molecule has 2 nitrogen and oxygen atoms in total. The Hall–Kier alpha value is -1.54. The van der Waals surface area contributed by atoms with Crippen molar-refractivity contribution >= 4 is 6.08 Å². The highest BCUT2D eigenvalue weighted by Crippen LogP contribution is 2.48. The molecule has 0 heterocycles. The first kappa shape index (κ1) is 11.9. The van der Waals surface area contributed by atoms with Crippen LogP contribution in [-0.2, 0) is 16.3 Å². The van der Waals surface area contributed by atoms with Crippen molar-refractivity contribution in [3.05, 3.63) is 35.4 Å². The minimum absolute atomic E-state index is 0.0429. The third kappa shape index (κ3) is 2.01. The smallest absolute Gasteiger partial charge is 0.211 e. The molecule has 1 aliphatic rings. The lowest BCUT2D eigenvalue weighted by Gasteiger charge is -2.39. The average Bonchev–Trinajstić information content (AvgIpc) is 2.22. The number of hydrogen-bond donors (Lipinski definition) is 0. The summed E-state index contributed by atoms with van der Waals surface area (Å²) in [6.07, 6.45) is 3.68. The second-order valence-electron chi connectivity index (χ2n) is 4.52. The molecular formula is C13H13F2NO. The maximum atomic E-state index is 13.5. The quantitative estimate of drug-likeness (QED) is 0.584. The van der Waals surface area contributed by atoms with Crippen LogP contribution in [-0.4, -0.2) is 6.08 Å². The highest BCUT2D eigenvalue weighted by atomic mass is 19.3. The van der Waals surface area contributed by atoms with E-state index in [0.29, 0.717) is 18.4 Å². The molecular weight excluding hydrogens is 224 g/mol. The van der Waals surface area contributed by atoms with E-state index in [-0.39, 0.29) is 5.56 Å². The first-order chi connectivity index (χ1) is 7.99. The minimum atomic E-state index is -2.92. The normalized spacial score (nSPS) is 18.1. The van der Waals surface area contributed by atoms with Crippen LogP contribution in [0.25, 0.3) is 0 Å². The molecule has 0 amide bonds. The van der Waals surface area contributed by atoms with Crippen LogP contribution in [0.5, 0.6) is 0 Å². The number of hydrogen-bond acceptors (Lipinski definition) is 2. The summed E-state index contributed by atoms with van der Waals surface area (Å²) in [6, 6.07) is 6.31. The monoisotopic (exact) mass is 237 g/mol. The lowest BCUT2D eigenvalue weighted by atomic mass is 9.70. The summed E-state index contributed by atoms with van der Waals surface area (Å²) in [5.74, 6) is -2.92. The van der Waals surface area contributed by atoms with Gasteiger partial charge in [-0.2, -0.15) is 4.99 Å². The van der Waals surface area contributed by atoms with Crippen molar-refractivity contribution in [3.63, 3.8) is 0 Å². The number of halogens is 2. The van der Waals surface area contributed by atoms with Gasteiger partial charge in [0, 0.05) is 12.5 Å². The first-order valence-corrected chi connectivity index (χ1v) is 5.56. The number of nitrogens with zero attached hydrogens (tertiary/aromatic N) is 1. The molecule has 0 radical (unpaired) electrons. The molecule has 1 aliphatic carbocycles. The van der Waals surface area contributed by atoms with Gasteiger partial charge in [-0.05, 0) is 24.8 Å². The van der Waals surface area contributed by atoms with E-state index in [0.717, 1.165) is 13.3 Å². The molecule has 0 bridgehead atoms. The molecule has 0 spiro atoms. The molecule has 1 aromatic rings. The Morgan fingerprint density at radius 3 is 2.47 bits per heavy atom. The fourth-order valence-corrected chi connectivity index (χ4v) is 2.31. The molecule has 4 heteroatoms. The summed E-state index contributed by atoms with van der Waals surface area (Å²) >= 11 is 0. The largest absolute Gasteiger partial charge is 0.270 e. The van der Waals surface area contributed by atoms with Gasteiger partial charge in [0.05, 0.1) is 5.54 Å². The van der Waals surface area contributed by atoms with Gasteiger partial charge >= 0.3 is 0 Å². The molecule has 90 valence electrons. The Kier molecular flexibility index (Phi) is 2.84. The van der Waals surface area contributed by atoms with Crippen molar-refractivity contribution in [1.29, 1.82) is 0 Å². The van der Waals surface area contributed by atoms with Crippen LogP contribution >= 0.6 is 0 Å². The van der Waals surface area contributed by atoms with Gasteiger partial charge in [0.15, 0.2) is 0 Å². The van der Waals surface area contributed by atoms with Crippen LogP contribution in [0.1, 0.15) is 37.3 Å². The maximum absolute atomic E-state index is 13.5. The van der Waals surface area contributed by atoms with Crippen molar-refractivity contribution in [3.8, 4) is 0 Å². The van der Waals surface area contributed by atoms with Gasteiger partial charge in [-0.15, -0.1) is 0 Å². The molecule has 2 rings (SSSR count). The van der Waals surface area contributed by atoms with Crippen LogP contribution in [0.2, 0.25) is 0 Å². The fraction of sp³-hybridized carbons (Fsp3) is 0.462. The minimum Gasteiger partial charge on any atom is -0.211 e. The fourth-order valence-electron chi connectivity index (χ4n) is 2.31. The summed E-state index contributed by atoms with van der Waals surface area (Å²) in [5.41, 5.74) is -0.349. The second-order valence-corrected chi connectivity index (χ2v) is 4.52. The van der Waals surface area contributed by atoms with E-state index >= 15 is 0 Å². The van der Waals surface area contributed by atoms with Gasteiger partial charge in [0.1, 0.15) is 0 Å². The second kappa shape index (κ2) is 4.04. The number of isocyanates is 1. The highest BCUT2D eigenvalue weighted by Gasteiger charge is 2.43. The molecule has 1 fully saturated rings. The molecule has 0 unspecified atom stereocenters. The predicted molar refractivity (Wildman–Crippen MR) is 59.7 cm³/mol. The lowest BCUT2D eigenvalue weighted by Crippen LogP contribution is -2.34. The van der Waals surface area contributed by atoms with Crippen LogP contribution in [0.3, 0.4) is 0 Å². The molecule has 0 N–H and O–H groups in total. The topological polar surface area (TPSA) is 29.4 Å². The molecule has 17 heavy (non-hydrogen) atoms. The van der Waals surface area contributed by atoms with E-state index in [4.69, 9.17) is 0 Å². The van der Waals surface area contributed by atoms with E-state index in [1.165, 1.54) is 12.1 Å². The van der Waals surface area contributed by atoms with E-state index in [9.17, 15) is 13.6 Å². The Labute approximate surface area is 98.4 Å². The molecule has 0 atom stereocenters. The van der Waals surface area contributed by atoms with E-state index in [1.807, 2.05) is 0 Å². The van der Waals surface area contributed by atoms with Gasteiger partial charge < -0.3 is 0 Å². The Morgan fingerprint density at radius 1 is 1.35 bits per heavy atom. The number of alkyl halides is 2. The van der Waals surface area contributed by atoms with Gasteiger partial charge in [-0.1, -0.05) is 24.3 Å². The molecule has 0 aliphatic heterocycles. The summed E-state index contributed by atoms with van der Waals surface area (Å²) in [5, 5.41) is 0. The van der Waals surface area contributed by atoms with Gasteiger partial charge in [0.2, 0.25) is 6.08 Å².